The molecule has 4 N–H and O–H groups in total. The zero-order valence-corrected chi connectivity index (χ0v) is 30.7. The number of hydrogen-bond donors (Lipinski definition) is 3. The maximum atomic E-state index is 6.45. The second kappa shape index (κ2) is 12.3. The summed E-state index contributed by atoms with van der Waals surface area (Å²) in [5, 5.41) is 13.7. The maximum Gasteiger partial charge on any atom is 0.168 e. The highest BCUT2D eigenvalue weighted by molar-refractivity contribution is 6.15. The summed E-state index contributed by atoms with van der Waals surface area (Å²) in [6, 6.07) is 44.8. The van der Waals surface area contributed by atoms with Gasteiger partial charge in [0.1, 0.15) is 11.5 Å². The van der Waals surface area contributed by atoms with Crippen molar-refractivity contribution in [1.82, 2.24) is 19.5 Å². The van der Waals surface area contributed by atoms with Crippen LogP contribution >= 0.6 is 0 Å². The van der Waals surface area contributed by atoms with E-state index in [1.54, 1.807) is 18.6 Å². The van der Waals surface area contributed by atoms with Crippen molar-refractivity contribution >= 4 is 46.1 Å². The lowest BCUT2D eigenvalue weighted by atomic mass is 9.70. The summed E-state index contributed by atoms with van der Waals surface area (Å²) in [6.07, 6.45) is 11.9. The molecule has 5 heterocycles. The number of aromatic nitrogens is 4. The van der Waals surface area contributed by atoms with Crippen molar-refractivity contribution < 1.29 is 5.41 Å². The van der Waals surface area contributed by atoms with Gasteiger partial charge in [-0.3, -0.25) is 24.9 Å². The lowest BCUT2D eigenvalue weighted by Crippen LogP contribution is -2.30. The smallest absolute Gasteiger partial charge is 0.168 e. The Morgan fingerprint density at radius 1 is 0.732 bits per heavy atom. The highest BCUT2D eigenvalue weighted by Gasteiger charge is 2.53. The van der Waals surface area contributed by atoms with Gasteiger partial charge in [-0.05, 0) is 94.4 Å². The van der Waals surface area contributed by atoms with Gasteiger partial charge in [-0.2, -0.15) is 0 Å². The molecule has 0 amide bonds. The fraction of sp³-hybridized carbons (Fsp3) is 0.0612. The molecule has 0 radical (unpaired) electrons. The van der Waals surface area contributed by atoms with Crippen LogP contribution in [0.2, 0.25) is 0 Å². The van der Waals surface area contributed by atoms with Crippen LogP contribution < -0.4 is 16.0 Å². The van der Waals surface area contributed by atoms with Crippen molar-refractivity contribution in [2.45, 2.75) is 12.3 Å². The van der Waals surface area contributed by atoms with E-state index in [1.807, 2.05) is 30.3 Å². The van der Waals surface area contributed by atoms with Gasteiger partial charge in [0.2, 0.25) is 0 Å². The number of fused-ring (bicyclic) bond motifs is 11. The number of hydrogen-bond acceptors (Lipinski definition) is 5. The Morgan fingerprint density at radius 3 is 2.21 bits per heavy atom. The van der Waals surface area contributed by atoms with Gasteiger partial charge in [-0.15, -0.1) is 0 Å². The number of benzene rings is 4. The molecule has 7 nitrogen and oxygen atoms in total. The molecular weight excluding hydrogens is 687 g/mol. The summed E-state index contributed by atoms with van der Waals surface area (Å²) in [6.45, 7) is 3.00. The maximum absolute atomic E-state index is 6.45. The molecule has 11 rings (SSSR count). The second-order valence-electron chi connectivity index (χ2n) is 14.5. The van der Waals surface area contributed by atoms with Crippen molar-refractivity contribution in [2.75, 3.05) is 17.2 Å². The fourth-order valence-corrected chi connectivity index (χ4v) is 9.40. The first-order valence-electron chi connectivity index (χ1n) is 19.0. The summed E-state index contributed by atoms with van der Waals surface area (Å²) in [4.78, 5) is 14.4. The van der Waals surface area contributed by atoms with Crippen LogP contribution in [0.1, 0.15) is 34.7 Å². The highest BCUT2D eigenvalue weighted by Crippen LogP contribution is 2.63. The van der Waals surface area contributed by atoms with Crippen LogP contribution in [-0.2, 0) is 5.41 Å². The fourth-order valence-electron chi connectivity index (χ4n) is 9.40. The predicted molar refractivity (Wildman–Crippen MR) is 227 cm³/mol. The first-order chi connectivity index (χ1) is 27.7. The zero-order valence-electron chi connectivity index (χ0n) is 30.7. The molecule has 1 spiro atoms. The Bertz CT molecular complexity index is 2960. The van der Waals surface area contributed by atoms with Crippen molar-refractivity contribution in [2.24, 2.45) is 0 Å². The minimum atomic E-state index is -0.527. The van der Waals surface area contributed by atoms with Crippen molar-refractivity contribution in [3.8, 4) is 39.3 Å². The standard InChI is InChI=1S/C49H35N7/c1-30-38(28-50)35-10-2-4-13-40(35)49(30)41-14-5-3-11-36(41)39-29-54-45-37-12-8-27-53-48(37)56(47(45)44(39)49)34-23-19-32(20-24-34)31-17-21-33(22-18-31)55-43-16-9-26-52-46(43)42-15-6-7-25-51-42/h2-26,28-29,50,53,55H,27H2,1H3/p+1. The van der Waals surface area contributed by atoms with Crippen LogP contribution in [0.3, 0.4) is 0 Å². The minimum Gasteiger partial charge on any atom is -0.367 e. The van der Waals surface area contributed by atoms with Crippen molar-refractivity contribution in [1.29, 1.82) is 0 Å². The number of nitrogens with zero attached hydrogens (tertiary/aromatic N) is 4. The molecular formula is C49H36N7+. The first-order valence-corrected chi connectivity index (χ1v) is 19.0. The molecule has 266 valence electrons. The summed E-state index contributed by atoms with van der Waals surface area (Å²) in [5.74, 6) is 1.05. The number of anilines is 3. The van der Waals surface area contributed by atoms with Crippen LogP contribution in [0.5, 0.6) is 0 Å². The lowest BCUT2D eigenvalue weighted by Gasteiger charge is -2.32. The van der Waals surface area contributed by atoms with E-state index in [4.69, 9.17) is 10.4 Å². The van der Waals surface area contributed by atoms with E-state index in [9.17, 15) is 0 Å². The topological polar surface area (TPSA) is 93.3 Å². The van der Waals surface area contributed by atoms with Gasteiger partial charge in [-0.25, -0.2) is 0 Å². The third-order valence-electron chi connectivity index (χ3n) is 11.8. The number of nitrogens with two attached hydrogens (primary N) is 1. The predicted octanol–water partition coefficient (Wildman–Crippen LogP) is 9.26. The van der Waals surface area contributed by atoms with Gasteiger partial charge in [0.05, 0.1) is 27.8 Å². The molecule has 56 heavy (non-hydrogen) atoms. The van der Waals surface area contributed by atoms with Crippen LogP contribution in [0, 0.1) is 0 Å². The van der Waals surface area contributed by atoms with E-state index in [1.165, 1.54) is 33.4 Å². The van der Waals surface area contributed by atoms with E-state index >= 15 is 0 Å². The van der Waals surface area contributed by atoms with Gasteiger partial charge >= 0.3 is 0 Å². The Labute approximate surface area is 324 Å². The van der Waals surface area contributed by atoms with Gasteiger partial charge in [0, 0.05) is 58.8 Å². The number of pyridine rings is 3. The molecule has 0 fully saturated rings. The minimum absolute atomic E-state index is 0.527. The van der Waals surface area contributed by atoms with E-state index < -0.39 is 5.41 Å². The number of nitrogens with one attached hydrogen (secondary N) is 2. The molecule has 1 atom stereocenters. The second-order valence-corrected chi connectivity index (χ2v) is 14.5. The Balaban J connectivity index is 1.04. The summed E-state index contributed by atoms with van der Waals surface area (Å²) < 4.78 is 2.40. The average Bonchev–Trinajstić information content (AvgIpc) is 3.85. The normalized spacial score (nSPS) is 16.0. The van der Waals surface area contributed by atoms with E-state index in [0.717, 1.165) is 79.7 Å². The number of rotatable bonds is 6. The Morgan fingerprint density at radius 2 is 1.45 bits per heavy atom. The lowest BCUT2D eigenvalue weighted by molar-refractivity contribution is -0.103. The van der Waals surface area contributed by atoms with Gasteiger partial charge < -0.3 is 10.6 Å². The summed E-state index contributed by atoms with van der Waals surface area (Å²) >= 11 is 0. The molecule has 2 aliphatic carbocycles. The molecule has 0 saturated carbocycles. The largest absolute Gasteiger partial charge is 0.367 e. The summed E-state index contributed by atoms with van der Waals surface area (Å²) in [5.41, 5.74) is 19.2. The van der Waals surface area contributed by atoms with Gasteiger partial charge in [0.15, 0.2) is 6.21 Å². The van der Waals surface area contributed by atoms with Crippen LogP contribution in [-0.4, -0.2) is 32.3 Å². The molecule has 8 aromatic rings. The molecule has 3 aliphatic rings. The van der Waals surface area contributed by atoms with E-state index in [0.29, 0.717) is 0 Å². The van der Waals surface area contributed by atoms with Crippen LogP contribution in [0.4, 0.5) is 17.2 Å². The highest BCUT2D eigenvalue weighted by atomic mass is 15.1. The third-order valence-corrected chi connectivity index (χ3v) is 11.8. The quantitative estimate of drug-likeness (QED) is 0.149. The van der Waals surface area contributed by atoms with Crippen LogP contribution in [0.15, 0.2) is 158 Å². The molecule has 1 aliphatic heterocycles. The molecule has 1 unspecified atom stereocenters. The Hall–Kier alpha value is -7.38. The molecule has 4 aromatic heterocycles. The SMILES string of the molecule is CC1=C(C=[NH2+])c2ccccc2C12c1ccccc1-c1cnc3c4c(n(-c5ccc(-c6ccc(Nc7cccnc7-c7ccccn7)cc6)cc5)c3c12)NCC=C4. The van der Waals surface area contributed by atoms with Crippen molar-refractivity contribution in [3.63, 3.8) is 0 Å². The zero-order chi connectivity index (χ0) is 37.4. The van der Waals surface area contributed by atoms with Crippen molar-refractivity contribution in [3.05, 3.63) is 185 Å². The molecule has 7 heteroatoms. The molecule has 4 aromatic carbocycles. The van der Waals surface area contributed by atoms with E-state index in [-0.39, 0.29) is 0 Å². The first kappa shape index (κ1) is 32.1. The van der Waals surface area contributed by atoms with E-state index in [2.05, 4.69) is 148 Å². The monoisotopic (exact) mass is 722 g/mol. The molecule has 0 bridgehead atoms. The third kappa shape index (κ3) is 4.45. The number of allylic oxidation sites excluding steroid dienone is 2. The molecule has 0 saturated heterocycles. The average molecular weight is 723 g/mol. The summed E-state index contributed by atoms with van der Waals surface area (Å²) in [7, 11) is 0. The van der Waals surface area contributed by atoms with Gasteiger partial charge in [-0.1, -0.05) is 91.0 Å². The Kier molecular flexibility index (Phi) is 7.06. The van der Waals surface area contributed by atoms with Crippen LogP contribution in [0.25, 0.3) is 62.0 Å². The van der Waals surface area contributed by atoms with Gasteiger partial charge in [0.25, 0.3) is 0 Å².